The fourth-order valence-electron chi connectivity index (χ4n) is 3.73. The first kappa shape index (κ1) is 19.4. The van der Waals surface area contributed by atoms with Crippen molar-refractivity contribution in [2.24, 2.45) is 0 Å². The first-order valence-corrected chi connectivity index (χ1v) is 10.3. The molecule has 4 aromatic heterocycles. The molecule has 2 N–H and O–H groups in total. The maximum absolute atomic E-state index is 6.30. The normalized spacial score (nSPS) is 16.1. The number of aryl methyl sites for hydroxylation is 2. The molecule has 5 rings (SSSR count). The summed E-state index contributed by atoms with van der Waals surface area (Å²) in [5.41, 5.74) is 3.12. The molecule has 0 amide bonds. The highest BCUT2D eigenvalue weighted by atomic mass is 35.5. The van der Waals surface area contributed by atoms with E-state index in [1.54, 1.807) is 18.5 Å². The minimum absolute atomic E-state index is 0.0443. The summed E-state index contributed by atoms with van der Waals surface area (Å²) in [7, 11) is 0. The Balaban J connectivity index is 1.42. The largest absolute Gasteiger partial charge is 0.358 e. The molecule has 1 aliphatic rings. The van der Waals surface area contributed by atoms with Crippen LogP contribution in [0.3, 0.4) is 0 Å². The van der Waals surface area contributed by atoms with Crippen molar-refractivity contribution < 1.29 is 4.52 Å². The van der Waals surface area contributed by atoms with E-state index in [0.29, 0.717) is 34.1 Å². The van der Waals surface area contributed by atoms with Crippen molar-refractivity contribution in [3.05, 3.63) is 52.9 Å². The van der Waals surface area contributed by atoms with Gasteiger partial charge < -0.3 is 14.7 Å². The van der Waals surface area contributed by atoms with Gasteiger partial charge in [-0.15, -0.1) is 0 Å². The average Bonchev–Trinajstić information content (AvgIpc) is 3.48. The second-order valence-electron chi connectivity index (χ2n) is 7.39. The first-order valence-electron chi connectivity index (χ1n) is 9.91. The first-order chi connectivity index (χ1) is 15.1. The van der Waals surface area contributed by atoms with E-state index in [0.717, 1.165) is 36.5 Å². The molecule has 5 heterocycles. The Kier molecular flexibility index (Phi) is 4.99. The molecule has 0 saturated carbocycles. The van der Waals surface area contributed by atoms with Gasteiger partial charge in [-0.3, -0.25) is 15.1 Å². The molecule has 0 aromatic carbocycles. The number of halogens is 1. The van der Waals surface area contributed by atoms with Gasteiger partial charge in [0.25, 0.3) is 0 Å². The molecule has 0 spiro atoms. The molecule has 10 nitrogen and oxygen atoms in total. The molecule has 1 aliphatic heterocycles. The van der Waals surface area contributed by atoms with Crippen LogP contribution in [0, 0.1) is 13.8 Å². The second kappa shape index (κ2) is 7.95. The lowest BCUT2D eigenvalue weighted by Gasteiger charge is -2.23. The standard InChI is InChI=1S/C20H20ClN9O/c1-11-8-18(28-27-11)25-17-10-16(21)24-20(26-17)30-7-3-4-14(30)15-9-13(29-31-15)19-12(2)22-5-6-23-19/h5-6,8-10,14H,3-4,7H2,1-2H3,(H2,24,25,26,27,28)/t14-/m0/s1. The zero-order valence-electron chi connectivity index (χ0n) is 17.0. The van der Waals surface area contributed by atoms with Crippen LogP contribution in [0.25, 0.3) is 11.4 Å². The highest BCUT2D eigenvalue weighted by molar-refractivity contribution is 6.29. The van der Waals surface area contributed by atoms with Crippen molar-refractivity contribution in [3.8, 4) is 11.4 Å². The fourth-order valence-corrected chi connectivity index (χ4v) is 3.91. The predicted octanol–water partition coefficient (Wildman–Crippen LogP) is 4.00. The van der Waals surface area contributed by atoms with E-state index in [1.807, 2.05) is 26.0 Å². The smallest absolute Gasteiger partial charge is 0.229 e. The summed E-state index contributed by atoms with van der Waals surface area (Å²) in [6.45, 7) is 4.61. The van der Waals surface area contributed by atoms with Gasteiger partial charge in [0.2, 0.25) is 5.95 Å². The molecule has 0 aliphatic carbocycles. The minimum Gasteiger partial charge on any atom is -0.358 e. The van der Waals surface area contributed by atoms with E-state index in [-0.39, 0.29) is 6.04 Å². The Morgan fingerprint density at radius 2 is 2.00 bits per heavy atom. The highest BCUT2D eigenvalue weighted by Gasteiger charge is 2.32. The van der Waals surface area contributed by atoms with Crippen molar-refractivity contribution in [1.29, 1.82) is 0 Å². The van der Waals surface area contributed by atoms with E-state index in [2.05, 4.69) is 45.5 Å². The van der Waals surface area contributed by atoms with E-state index in [4.69, 9.17) is 16.1 Å². The summed E-state index contributed by atoms with van der Waals surface area (Å²) in [6, 6.07) is 5.43. The molecule has 0 radical (unpaired) electrons. The van der Waals surface area contributed by atoms with E-state index < -0.39 is 0 Å². The quantitative estimate of drug-likeness (QED) is 0.446. The molecule has 158 valence electrons. The summed E-state index contributed by atoms with van der Waals surface area (Å²) in [5, 5.41) is 14.8. The Morgan fingerprint density at radius 3 is 2.81 bits per heavy atom. The summed E-state index contributed by atoms with van der Waals surface area (Å²) >= 11 is 6.30. The van der Waals surface area contributed by atoms with Crippen LogP contribution >= 0.6 is 11.6 Å². The van der Waals surface area contributed by atoms with Crippen LogP contribution in [-0.4, -0.2) is 41.8 Å². The molecule has 1 atom stereocenters. The number of hydrogen-bond donors (Lipinski definition) is 2. The molecule has 31 heavy (non-hydrogen) atoms. The molecule has 11 heteroatoms. The van der Waals surface area contributed by atoms with Crippen molar-refractivity contribution in [2.45, 2.75) is 32.7 Å². The number of H-pyrrole nitrogens is 1. The van der Waals surface area contributed by atoms with Gasteiger partial charge in [0.1, 0.15) is 22.4 Å². The number of aromatic amines is 1. The third kappa shape index (κ3) is 3.93. The monoisotopic (exact) mass is 437 g/mol. The van der Waals surface area contributed by atoms with E-state index in [9.17, 15) is 0 Å². The number of anilines is 3. The van der Waals surface area contributed by atoms with Crippen LogP contribution in [0.1, 0.15) is 36.0 Å². The van der Waals surface area contributed by atoms with Crippen molar-refractivity contribution >= 4 is 29.2 Å². The second-order valence-corrected chi connectivity index (χ2v) is 7.78. The number of hydrogen-bond acceptors (Lipinski definition) is 9. The zero-order valence-corrected chi connectivity index (χ0v) is 17.8. The Labute approximate surface area is 183 Å². The SMILES string of the molecule is Cc1cc(Nc2cc(Cl)nc(N3CCC[C@H]3c3cc(-c4nccnc4C)no3)n2)n[nH]1. The van der Waals surface area contributed by atoms with Gasteiger partial charge in [-0.1, -0.05) is 16.8 Å². The van der Waals surface area contributed by atoms with Gasteiger partial charge in [-0.05, 0) is 26.7 Å². The van der Waals surface area contributed by atoms with Crippen molar-refractivity contribution in [2.75, 3.05) is 16.8 Å². The molecule has 1 fully saturated rings. The van der Waals surface area contributed by atoms with Crippen LogP contribution in [0.2, 0.25) is 5.15 Å². The van der Waals surface area contributed by atoms with E-state index in [1.165, 1.54) is 0 Å². The van der Waals surface area contributed by atoms with Crippen LogP contribution in [0.4, 0.5) is 17.6 Å². The lowest BCUT2D eigenvalue weighted by atomic mass is 10.1. The fraction of sp³-hybridized carbons (Fsp3) is 0.300. The van der Waals surface area contributed by atoms with Gasteiger partial charge >= 0.3 is 0 Å². The predicted molar refractivity (Wildman–Crippen MR) is 115 cm³/mol. The van der Waals surface area contributed by atoms with Gasteiger partial charge in [0.15, 0.2) is 11.6 Å². The summed E-state index contributed by atoms with van der Waals surface area (Å²) in [6.07, 6.45) is 5.17. The third-order valence-corrected chi connectivity index (χ3v) is 5.33. The van der Waals surface area contributed by atoms with Crippen molar-refractivity contribution in [3.63, 3.8) is 0 Å². The number of aromatic nitrogens is 7. The molecular weight excluding hydrogens is 418 g/mol. The molecule has 0 unspecified atom stereocenters. The Morgan fingerprint density at radius 1 is 1.13 bits per heavy atom. The average molecular weight is 438 g/mol. The lowest BCUT2D eigenvalue weighted by molar-refractivity contribution is 0.362. The van der Waals surface area contributed by atoms with Crippen LogP contribution < -0.4 is 10.2 Å². The lowest BCUT2D eigenvalue weighted by Crippen LogP contribution is -2.24. The van der Waals surface area contributed by atoms with Crippen LogP contribution in [-0.2, 0) is 0 Å². The third-order valence-electron chi connectivity index (χ3n) is 5.14. The van der Waals surface area contributed by atoms with Crippen LogP contribution in [0.15, 0.2) is 35.1 Å². The molecule has 1 saturated heterocycles. The topological polar surface area (TPSA) is 122 Å². The maximum atomic E-state index is 6.30. The van der Waals surface area contributed by atoms with Gasteiger partial charge in [0, 0.05) is 42.8 Å². The Bertz CT molecular complexity index is 1220. The summed E-state index contributed by atoms with van der Waals surface area (Å²) in [5.74, 6) is 2.49. The zero-order chi connectivity index (χ0) is 21.4. The summed E-state index contributed by atoms with van der Waals surface area (Å²) < 4.78 is 5.69. The minimum atomic E-state index is -0.0443. The maximum Gasteiger partial charge on any atom is 0.229 e. The number of rotatable bonds is 5. The van der Waals surface area contributed by atoms with Gasteiger partial charge in [-0.25, -0.2) is 4.98 Å². The summed E-state index contributed by atoms with van der Waals surface area (Å²) in [4.78, 5) is 19.8. The van der Waals surface area contributed by atoms with Crippen molar-refractivity contribution in [1.82, 2.24) is 35.3 Å². The number of nitrogens with one attached hydrogen (secondary N) is 2. The molecule has 4 aromatic rings. The number of nitrogens with zero attached hydrogens (tertiary/aromatic N) is 7. The van der Waals surface area contributed by atoms with Crippen LogP contribution in [0.5, 0.6) is 0 Å². The molecular formula is C20H20ClN9O. The Hall–Kier alpha value is -3.53. The molecule has 0 bridgehead atoms. The van der Waals surface area contributed by atoms with E-state index >= 15 is 0 Å². The van der Waals surface area contributed by atoms with Gasteiger partial charge in [-0.2, -0.15) is 10.1 Å². The van der Waals surface area contributed by atoms with Gasteiger partial charge in [0.05, 0.1) is 11.7 Å². The highest BCUT2D eigenvalue weighted by Crippen LogP contribution is 2.37.